The Kier molecular flexibility index (Phi) is 1.53. The number of pyridine rings is 1. The predicted octanol–water partition coefficient (Wildman–Crippen LogP) is 0.824. The topological polar surface area (TPSA) is 57.4 Å². The van der Waals surface area contributed by atoms with Crippen LogP contribution in [0, 0.1) is 0 Å². The van der Waals surface area contributed by atoms with Crippen LogP contribution in [0.15, 0.2) is 12.3 Å². The number of hydrogen-bond acceptors (Lipinski definition) is 4. The Morgan fingerprint density at radius 2 is 2.50 bits per heavy atom. The third kappa shape index (κ3) is 1.15. The van der Waals surface area contributed by atoms with E-state index in [1.807, 2.05) is 6.92 Å². The molecule has 0 aromatic carbocycles. The summed E-state index contributed by atoms with van der Waals surface area (Å²) in [6, 6.07) is 1.72. The highest BCUT2D eigenvalue weighted by atomic mass is 16.6. The molecule has 0 aliphatic carbocycles. The Morgan fingerprint density at radius 1 is 1.67 bits per heavy atom. The minimum atomic E-state index is 0.0705. The molecule has 0 amide bonds. The summed E-state index contributed by atoms with van der Waals surface area (Å²) in [5.74, 6) is 1.16. The van der Waals surface area contributed by atoms with Gasteiger partial charge in [0.15, 0.2) is 5.75 Å². The van der Waals surface area contributed by atoms with E-state index in [4.69, 9.17) is 15.2 Å². The first kappa shape index (κ1) is 7.21. The molecule has 2 N–H and O–H groups in total. The van der Waals surface area contributed by atoms with Crippen LogP contribution in [0.5, 0.6) is 11.6 Å². The monoisotopic (exact) mass is 166 g/mol. The van der Waals surface area contributed by atoms with E-state index >= 15 is 0 Å². The minimum Gasteiger partial charge on any atom is -0.481 e. The second-order valence-corrected chi connectivity index (χ2v) is 2.81. The van der Waals surface area contributed by atoms with Gasteiger partial charge >= 0.3 is 0 Å². The van der Waals surface area contributed by atoms with E-state index in [9.17, 15) is 0 Å². The minimum absolute atomic E-state index is 0.0705. The first-order valence-electron chi connectivity index (χ1n) is 3.80. The van der Waals surface area contributed by atoms with E-state index in [-0.39, 0.29) is 6.10 Å². The van der Waals surface area contributed by atoms with Gasteiger partial charge in [0.1, 0.15) is 12.7 Å². The summed E-state index contributed by atoms with van der Waals surface area (Å²) in [6.45, 7) is 2.48. The smallest absolute Gasteiger partial charge is 0.257 e. The Labute approximate surface area is 70.3 Å². The largest absolute Gasteiger partial charge is 0.481 e. The van der Waals surface area contributed by atoms with Gasteiger partial charge in [-0.15, -0.1) is 0 Å². The maximum atomic E-state index is 5.53. The maximum absolute atomic E-state index is 5.53. The molecule has 2 heterocycles. The van der Waals surface area contributed by atoms with Crippen LogP contribution in [0.2, 0.25) is 0 Å². The van der Waals surface area contributed by atoms with Gasteiger partial charge in [-0.05, 0) is 6.92 Å². The first-order chi connectivity index (χ1) is 5.75. The molecule has 0 fully saturated rings. The normalized spacial score (nSPS) is 20.6. The number of aromatic nitrogens is 1. The van der Waals surface area contributed by atoms with E-state index in [2.05, 4.69) is 4.98 Å². The van der Waals surface area contributed by atoms with Crippen molar-refractivity contribution in [2.75, 3.05) is 12.3 Å². The van der Waals surface area contributed by atoms with E-state index in [1.165, 1.54) is 0 Å². The Bertz CT molecular complexity index is 301. The Hall–Kier alpha value is -1.45. The number of hydrogen-bond donors (Lipinski definition) is 1. The van der Waals surface area contributed by atoms with Gasteiger partial charge in [-0.2, -0.15) is 0 Å². The zero-order valence-electron chi connectivity index (χ0n) is 6.78. The molecular weight excluding hydrogens is 156 g/mol. The number of rotatable bonds is 0. The van der Waals surface area contributed by atoms with Crippen LogP contribution in [-0.2, 0) is 0 Å². The van der Waals surface area contributed by atoms with Gasteiger partial charge in [-0.1, -0.05) is 0 Å². The van der Waals surface area contributed by atoms with Gasteiger partial charge in [0.05, 0.1) is 11.9 Å². The van der Waals surface area contributed by atoms with Crippen molar-refractivity contribution in [1.82, 2.24) is 4.98 Å². The molecule has 0 bridgehead atoms. The molecule has 2 rings (SSSR count). The molecule has 0 spiro atoms. The van der Waals surface area contributed by atoms with Gasteiger partial charge in [0.2, 0.25) is 0 Å². The van der Waals surface area contributed by atoms with Crippen LogP contribution in [0.25, 0.3) is 0 Å². The zero-order chi connectivity index (χ0) is 8.55. The fourth-order valence-corrected chi connectivity index (χ4v) is 1.09. The van der Waals surface area contributed by atoms with Gasteiger partial charge < -0.3 is 15.2 Å². The first-order valence-corrected chi connectivity index (χ1v) is 3.80. The molecule has 4 nitrogen and oxygen atoms in total. The lowest BCUT2D eigenvalue weighted by Gasteiger charge is -2.22. The third-order valence-electron chi connectivity index (χ3n) is 1.62. The summed E-state index contributed by atoms with van der Waals surface area (Å²) in [4.78, 5) is 3.98. The maximum Gasteiger partial charge on any atom is 0.257 e. The summed E-state index contributed by atoms with van der Waals surface area (Å²) >= 11 is 0. The van der Waals surface area contributed by atoms with Gasteiger partial charge in [-0.3, -0.25) is 0 Å². The zero-order valence-corrected chi connectivity index (χ0v) is 6.78. The molecule has 4 heteroatoms. The van der Waals surface area contributed by atoms with Gasteiger partial charge in [0, 0.05) is 6.07 Å². The lowest BCUT2D eigenvalue weighted by atomic mass is 10.3. The molecule has 0 saturated carbocycles. The van der Waals surface area contributed by atoms with Crippen LogP contribution < -0.4 is 15.2 Å². The number of ether oxygens (including phenoxy) is 2. The van der Waals surface area contributed by atoms with Crippen molar-refractivity contribution in [3.05, 3.63) is 12.3 Å². The SMILES string of the molecule is CC1COc2ncc(N)cc2O1. The van der Waals surface area contributed by atoms with Gasteiger partial charge in [-0.25, -0.2) is 4.98 Å². The lowest BCUT2D eigenvalue weighted by molar-refractivity contribution is 0.0990. The quantitative estimate of drug-likeness (QED) is 0.620. The fraction of sp³-hybridized carbons (Fsp3) is 0.375. The lowest BCUT2D eigenvalue weighted by Crippen LogP contribution is -2.26. The predicted molar refractivity (Wildman–Crippen MR) is 44.2 cm³/mol. The molecule has 64 valence electrons. The average Bonchev–Trinajstić information content (AvgIpc) is 2.03. The van der Waals surface area contributed by atoms with Gasteiger partial charge in [0.25, 0.3) is 5.88 Å². The van der Waals surface area contributed by atoms with Crippen LogP contribution in [0.3, 0.4) is 0 Å². The van der Waals surface area contributed by atoms with Crippen molar-refractivity contribution >= 4 is 5.69 Å². The number of fused-ring (bicyclic) bond motifs is 1. The summed E-state index contributed by atoms with van der Waals surface area (Å²) in [5.41, 5.74) is 6.12. The standard InChI is InChI=1S/C8H10N2O2/c1-5-4-11-8-7(12-5)2-6(9)3-10-8/h2-3,5H,4,9H2,1H3. The van der Waals surface area contributed by atoms with Crippen molar-refractivity contribution in [1.29, 1.82) is 0 Å². The van der Waals surface area contributed by atoms with E-state index < -0.39 is 0 Å². The number of nitrogens with two attached hydrogens (primary N) is 1. The van der Waals surface area contributed by atoms with Crippen molar-refractivity contribution in [3.63, 3.8) is 0 Å². The molecule has 1 aromatic rings. The third-order valence-corrected chi connectivity index (χ3v) is 1.62. The Morgan fingerprint density at radius 3 is 3.33 bits per heavy atom. The number of nitrogen functional groups attached to an aromatic ring is 1. The summed E-state index contributed by atoms with van der Waals surface area (Å²) in [6.07, 6.45) is 1.62. The molecule has 0 saturated heterocycles. The second-order valence-electron chi connectivity index (χ2n) is 2.81. The van der Waals surface area contributed by atoms with Crippen molar-refractivity contribution in [2.24, 2.45) is 0 Å². The van der Waals surface area contributed by atoms with Crippen LogP contribution >= 0.6 is 0 Å². The molecule has 1 unspecified atom stereocenters. The van der Waals surface area contributed by atoms with Crippen molar-refractivity contribution in [2.45, 2.75) is 13.0 Å². The van der Waals surface area contributed by atoms with Crippen LogP contribution in [-0.4, -0.2) is 17.7 Å². The molecular formula is C8H10N2O2. The summed E-state index contributed by atoms with van der Waals surface area (Å²) in [5, 5.41) is 0. The fourth-order valence-electron chi connectivity index (χ4n) is 1.09. The summed E-state index contributed by atoms with van der Waals surface area (Å²) < 4.78 is 10.7. The highest BCUT2D eigenvalue weighted by Crippen LogP contribution is 2.30. The number of nitrogens with zero attached hydrogens (tertiary/aromatic N) is 1. The van der Waals surface area contributed by atoms with E-state index in [0.717, 1.165) is 0 Å². The molecule has 1 aromatic heterocycles. The molecule has 1 atom stereocenters. The van der Waals surface area contributed by atoms with Crippen molar-refractivity contribution < 1.29 is 9.47 Å². The number of anilines is 1. The molecule has 1 aliphatic heterocycles. The van der Waals surface area contributed by atoms with Crippen molar-refractivity contribution in [3.8, 4) is 11.6 Å². The Balaban J connectivity index is 2.37. The second kappa shape index (κ2) is 2.55. The van der Waals surface area contributed by atoms with E-state index in [0.29, 0.717) is 23.9 Å². The highest BCUT2D eigenvalue weighted by Gasteiger charge is 2.17. The average molecular weight is 166 g/mol. The van der Waals surface area contributed by atoms with Crippen LogP contribution in [0.1, 0.15) is 6.92 Å². The van der Waals surface area contributed by atoms with Crippen LogP contribution in [0.4, 0.5) is 5.69 Å². The molecule has 1 aliphatic rings. The highest BCUT2D eigenvalue weighted by molar-refractivity contribution is 5.47. The summed E-state index contributed by atoms with van der Waals surface area (Å²) in [7, 11) is 0. The van der Waals surface area contributed by atoms with E-state index in [1.54, 1.807) is 12.3 Å². The molecule has 0 radical (unpaired) electrons. The molecule has 12 heavy (non-hydrogen) atoms.